The van der Waals surface area contributed by atoms with Crippen molar-refractivity contribution in [2.24, 2.45) is 0 Å². The second-order valence-corrected chi connectivity index (χ2v) is 4.75. The Balaban J connectivity index is 1.96. The van der Waals surface area contributed by atoms with E-state index in [2.05, 4.69) is 4.98 Å². The Morgan fingerprint density at radius 2 is 1.76 bits per heavy atom. The highest BCUT2D eigenvalue weighted by Gasteiger charge is 2.06. The van der Waals surface area contributed by atoms with Crippen LogP contribution in [0.25, 0.3) is 0 Å². The number of pyridine rings is 1. The van der Waals surface area contributed by atoms with Gasteiger partial charge in [-0.3, -0.25) is 9.78 Å². The van der Waals surface area contributed by atoms with Crippen LogP contribution in [-0.4, -0.2) is 10.1 Å². The SMILES string of the molecule is Cc1ccc(C(=O)SCc2ccncc2)cc1. The van der Waals surface area contributed by atoms with Crippen LogP contribution in [0.15, 0.2) is 48.8 Å². The largest absolute Gasteiger partial charge is 0.282 e. The molecule has 0 fully saturated rings. The zero-order valence-corrected chi connectivity index (χ0v) is 10.4. The van der Waals surface area contributed by atoms with Crippen molar-refractivity contribution < 1.29 is 4.79 Å². The van der Waals surface area contributed by atoms with Crippen LogP contribution in [0.3, 0.4) is 0 Å². The van der Waals surface area contributed by atoms with Crippen LogP contribution >= 0.6 is 11.8 Å². The van der Waals surface area contributed by atoms with Gasteiger partial charge in [-0.1, -0.05) is 41.6 Å². The second kappa shape index (κ2) is 5.64. The third-order valence-corrected chi connectivity index (χ3v) is 3.38. The fourth-order valence-electron chi connectivity index (χ4n) is 1.40. The third kappa shape index (κ3) is 3.43. The van der Waals surface area contributed by atoms with Gasteiger partial charge in [0.1, 0.15) is 0 Å². The molecule has 0 aliphatic rings. The van der Waals surface area contributed by atoms with Crippen LogP contribution in [0.1, 0.15) is 21.5 Å². The van der Waals surface area contributed by atoms with Crippen LogP contribution in [0, 0.1) is 6.92 Å². The Kier molecular flexibility index (Phi) is 3.94. The van der Waals surface area contributed by atoms with Gasteiger partial charge in [0, 0.05) is 23.7 Å². The van der Waals surface area contributed by atoms with Crippen molar-refractivity contribution in [3.05, 3.63) is 65.5 Å². The number of benzene rings is 1. The van der Waals surface area contributed by atoms with Crippen LogP contribution in [0.4, 0.5) is 0 Å². The summed E-state index contributed by atoms with van der Waals surface area (Å²) in [5.74, 6) is 0.690. The number of hydrogen-bond donors (Lipinski definition) is 0. The summed E-state index contributed by atoms with van der Waals surface area (Å²) in [5, 5.41) is 0.113. The number of aromatic nitrogens is 1. The number of hydrogen-bond acceptors (Lipinski definition) is 3. The molecular weight excluding hydrogens is 230 g/mol. The Labute approximate surface area is 105 Å². The van der Waals surface area contributed by atoms with E-state index < -0.39 is 0 Å². The number of carbonyl (C=O) groups is 1. The highest BCUT2D eigenvalue weighted by molar-refractivity contribution is 8.13. The molecule has 1 aromatic carbocycles. The van der Waals surface area contributed by atoms with Gasteiger partial charge in [0.05, 0.1) is 0 Å². The van der Waals surface area contributed by atoms with Crippen molar-refractivity contribution in [1.29, 1.82) is 0 Å². The van der Waals surface area contributed by atoms with Crippen molar-refractivity contribution in [3.63, 3.8) is 0 Å². The summed E-state index contributed by atoms with van der Waals surface area (Å²) in [6.45, 7) is 2.01. The molecule has 2 nitrogen and oxygen atoms in total. The van der Waals surface area contributed by atoms with Crippen molar-refractivity contribution in [2.75, 3.05) is 0 Å². The summed E-state index contributed by atoms with van der Waals surface area (Å²) in [5.41, 5.74) is 3.04. The minimum absolute atomic E-state index is 0.113. The van der Waals surface area contributed by atoms with E-state index in [0.29, 0.717) is 5.75 Å². The lowest BCUT2D eigenvalue weighted by molar-refractivity contribution is 0.108. The lowest BCUT2D eigenvalue weighted by atomic mass is 10.2. The van der Waals surface area contributed by atoms with Gasteiger partial charge >= 0.3 is 0 Å². The first-order chi connectivity index (χ1) is 8.25. The minimum Gasteiger partial charge on any atom is -0.282 e. The third-order valence-electron chi connectivity index (χ3n) is 2.41. The first-order valence-corrected chi connectivity index (χ1v) is 6.37. The van der Waals surface area contributed by atoms with Crippen LogP contribution in [0.2, 0.25) is 0 Å². The number of nitrogens with zero attached hydrogens (tertiary/aromatic N) is 1. The maximum Gasteiger partial charge on any atom is 0.219 e. The van der Waals surface area contributed by atoms with Crippen molar-refractivity contribution in [1.82, 2.24) is 4.98 Å². The summed E-state index contributed by atoms with van der Waals surface area (Å²) >= 11 is 1.32. The Morgan fingerprint density at radius 3 is 2.41 bits per heavy atom. The highest BCUT2D eigenvalue weighted by Crippen LogP contribution is 2.17. The van der Waals surface area contributed by atoms with E-state index in [0.717, 1.165) is 11.1 Å². The molecule has 0 amide bonds. The molecule has 0 saturated heterocycles. The molecule has 0 aliphatic carbocycles. The molecule has 0 N–H and O–H groups in total. The fraction of sp³-hybridized carbons (Fsp3) is 0.143. The van der Waals surface area contributed by atoms with Gasteiger partial charge in [-0.25, -0.2) is 0 Å². The average Bonchev–Trinajstić information content (AvgIpc) is 2.38. The fourth-order valence-corrected chi connectivity index (χ4v) is 2.19. The van der Waals surface area contributed by atoms with Gasteiger partial charge in [-0.05, 0) is 24.6 Å². The Bertz CT molecular complexity index is 493. The van der Waals surface area contributed by atoms with E-state index in [1.807, 2.05) is 43.3 Å². The van der Waals surface area contributed by atoms with E-state index in [9.17, 15) is 4.79 Å². The van der Waals surface area contributed by atoms with E-state index in [1.54, 1.807) is 12.4 Å². The van der Waals surface area contributed by atoms with Crippen molar-refractivity contribution in [3.8, 4) is 0 Å². The Hall–Kier alpha value is -1.61. The zero-order chi connectivity index (χ0) is 12.1. The van der Waals surface area contributed by atoms with Crippen LogP contribution in [-0.2, 0) is 5.75 Å². The van der Waals surface area contributed by atoms with Crippen LogP contribution < -0.4 is 0 Å². The molecule has 1 aromatic heterocycles. The van der Waals surface area contributed by atoms with E-state index in [-0.39, 0.29) is 5.12 Å². The van der Waals surface area contributed by atoms with Gasteiger partial charge < -0.3 is 0 Å². The minimum atomic E-state index is 0.113. The molecule has 0 saturated carbocycles. The predicted molar refractivity (Wildman–Crippen MR) is 71.0 cm³/mol. The molecule has 1 heterocycles. The van der Waals surface area contributed by atoms with Crippen molar-refractivity contribution in [2.45, 2.75) is 12.7 Å². The standard InChI is InChI=1S/C14H13NOS/c1-11-2-4-13(5-3-11)14(16)17-10-12-6-8-15-9-7-12/h2-9H,10H2,1H3. The Morgan fingerprint density at radius 1 is 1.12 bits per heavy atom. The first kappa shape index (κ1) is 11.9. The monoisotopic (exact) mass is 243 g/mol. The maximum atomic E-state index is 11.9. The number of carbonyl (C=O) groups excluding carboxylic acids is 1. The molecule has 0 aliphatic heterocycles. The van der Waals surface area contributed by atoms with E-state index in [4.69, 9.17) is 0 Å². The molecule has 17 heavy (non-hydrogen) atoms. The molecule has 0 spiro atoms. The quantitative estimate of drug-likeness (QED) is 0.827. The summed E-state index contributed by atoms with van der Waals surface area (Å²) in [6, 6.07) is 11.5. The number of aryl methyl sites for hydroxylation is 1. The molecule has 0 radical (unpaired) electrons. The smallest absolute Gasteiger partial charge is 0.219 e. The lowest BCUT2D eigenvalue weighted by Gasteiger charge is -2.01. The summed E-state index contributed by atoms with van der Waals surface area (Å²) in [4.78, 5) is 15.8. The van der Waals surface area contributed by atoms with E-state index in [1.165, 1.54) is 17.3 Å². The van der Waals surface area contributed by atoms with Crippen molar-refractivity contribution >= 4 is 16.9 Å². The van der Waals surface area contributed by atoms with Gasteiger partial charge in [0.15, 0.2) is 0 Å². The number of rotatable bonds is 3. The average molecular weight is 243 g/mol. The predicted octanol–water partition coefficient (Wildman–Crippen LogP) is 3.46. The van der Waals surface area contributed by atoms with Crippen LogP contribution in [0.5, 0.6) is 0 Å². The molecule has 0 atom stereocenters. The van der Waals surface area contributed by atoms with Gasteiger partial charge in [-0.2, -0.15) is 0 Å². The zero-order valence-electron chi connectivity index (χ0n) is 9.59. The van der Waals surface area contributed by atoms with Gasteiger partial charge in [0.25, 0.3) is 0 Å². The lowest BCUT2D eigenvalue weighted by Crippen LogP contribution is -1.94. The molecule has 0 bridgehead atoms. The second-order valence-electron chi connectivity index (χ2n) is 3.80. The first-order valence-electron chi connectivity index (χ1n) is 5.38. The number of thioether (sulfide) groups is 1. The normalized spacial score (nSPS) is 10.2. The molecule has 86 valence electrons. The highest BCUT2D eigenvalue weighted by atomic mass is 32.2. The summed E-state index contributed by atoms with van der Waals surface area (Å²) in [6.07, 6.45) is 3.48. The molecule has 3 heteroatoms. The van der Waals surface area contributed by atoms with E-state index >= 15 is 0 Å². The molecule has 2 aromatic rings. The van der Waals surface area contributed by atoms with Gasteiger partial charge in [-0.15, -0.1) is 0 Å². The maximum absolute atomic E-state index is 11.9. The summed E-state index contributed by atoms with van der Waals surface area (Å²) in [7, 11) is 0. The molecule has 2 rings (SSSR count). The summed E-state index contributed by atoms with van der Waals surface area (Å²) < 4.78 is 0. The topological polar surface area (TPSA) is 30.0 Å². The molecular formula is C14H13NOS. The molecule has 0 unspecified atom stereocenters. The van der Waals surface area contributed by atoms with Gasteiger partial charge in [0.2, 0.25) is 5.12 Å².